The molecule has 40 heavy (non-hydrogen) atoms. The van der Waals surface area contributed by atoms with E-state index >= 15 is 0 Å². The van der Waals surface area contributed by atoms with Gasteiger partial charge in [0, 0.05) is 10.5 Å². The van der Waals surface area contributed by atoms with Gasteiger partial charge in [-0.1, -0.05) is 107 Å². The van der Waals surface area contributed by atoms with Crippen molar-refractivity contribution in [3.63, 3.8) is 0 Å². The molecule has 2 aliphatic heterocycles. The molecule has 0 saturated carbocycles. The van der Waals surface area contributed by atoms with Gasteiger partial charge in [0.2, 0.25) is 0 Å². The van der Waals surface area contributed by atoms with Gasteiger partial charge < -0.3 is 29.0 Å². The Balaban J connectivity index is 1.46. The van der Waals surface area contributed by atoms with Crippen LogP contribution >= 0.6 is 46.6 Å². The average molecular weight is 625 g/mol. The van der Waals surface area contributed by atoms with Gasteiger partial charge >= 0.3 is 0 Å². The molecule has 6 atom stereocenters. The number of benzene rings is 3. The van der Waals surface area contributed by atoms with Gasteiger partial charge in [0.05, 0.1) is 26.4 Å². The average Bonchev–Trinajstić information content (AvgIpc) is 2.97. The summed E-state index contributed by atoms with van der Waals surface area (Å²) in [5.41, 5.74) is 1.17. The molecule has 3 aromatic carbocycles. The van der Waals surface area contributed by atoms with Gasteiger partial charge in [-0.15, -0.1) is 0 Å². The molecule has 1 amide bonds. The number of carbonyl (C=O) groups excluding carboxylic acids is 1. The summed E-state index contributed by atoms with van der Waals surface area (Å²) in [6.07, 6.45) is -2.37. The van der Waals surface area contributed by atoms with Crippen LogP contribution < -0.4 is 10.1 Å². The van der Waals surface area contributed by atoms with Crippen molar-refractivity contribution in [3.8, 4) is 5.75 Å². The maximum absolute atomic E-state index is 13.0. The van der Waals surface area contributed by atoms with Crippen LogP contribution in [0.3, 0.4) is 0 Å². The first-order valence-corrected chi connectivity index (χ1v) is 14.6. The van der Waals surface area contributed by atoms with E-state index in [-0.39, 0.29) is 13.2 Å². The number of nitrogens with one attached hydrogen (secondary N) is 1. The second-order valence-electron chi connectivity index (χ2n) is 9.27. The molecule has 2 aliphatic rings. The molecule has 0 radical (unpaired) electrons. The quantitative estimate of drug-likeness (QED) is 0.305. The molecule has 2 heterocycles. The van der Waals surface area contributed by atoms with Crippen LogP contribution in [-0.2, 0) is 30.3 Å². The third-order valence-electron chi connectivity index (χ3n) is 6.56. The van der Waals surface area contributed by atoms with E-state index < -0.39 is 45.8 Å². The number of halogens is 3. The van der Waals surface area contributed by atoms with E-state index in [0.717, 1.165) is 21.8 Å². The molecule has 0 aromatic heterocycles. The number of hydrogen-bond donors (Lipinski definition) is 1. The van der Waals surface area contributed by atoms with Gasteiger partial charge in [-0.25, -0.2) is 0 Å². The van der Waals surface area contributed by atoms with Crippen LogP contribution in [0, 0.1) is 0 Å². The van der Waals surface area contributed by atoms with Crippen LogP contribution in [0.25, 0.3) is 0 Å². The summed E-state index contributed by atoms with van der Waals surface area (Å²) in [4.78, 5) is 13.9. The monoisotopic (exact) mass is 623 g/mol. The molecule has 0 aliphatic carbocycles. The maximum Gasteiger partial charge on any atom is 0.272 e. The fourth-order valence-electron chi connectivity index (χ4n) is 4.58. The Bertz CT molecular complexity index is 1250. The molecule has 0 bridgehead atoms. The minimum absolute atomic E-state index is 0.237. The fourth-order valence-corrected chi connectivity index (χ4v) is 5.90. The van der Waals surface area contributed by atoms with Crippen molar-refractivity contribution in [1.82, 2.24) is 5.32 Å². The predicted molar refractivity (Wildman–Crippen MR) is 155 cm³/mol. The van der Waals surface area contributed by atoms with Gasteiger partial charge in [-0.2, -0.15) is 0 Å². The Morgan fingerprint density at radius 2 is 1.65 bits per heavy atom. The Morgan fingerprint density at radius 1 is 0.975 bits per heavy atom. The molecule has 2 saturated heterocycles. The number of methoxy groups -OCH3 is 1. The van der Waals surface area contributed by atoms with Crippen molar-refractivity contribution in [2.45, 2.75) is 51.4 Å². The van der Waals surface area contributed by atoms with Crippen molar-refractivity contribution in [1.29, 1.82) is 0 Å². The van der Waals surface area contributed by atoms with E-state index in [1.54, 1.807) is 7.11 Å². The summed E-state index contributed by atoms with van der Waals surface area (Å²) in [7, 11) is 1.61. The second kappa shape index (κ2) is 13.3. The fraction of sp³-hybridized carbons (Fsp3) is 0.345. The summed E-state index contributed by atoms with van der Waals surface area (Å²) >= 11 is 19.3. The normalized spacial score (nSPS) is 26.5. The SMILES string of the molecule is COc1ccc(CO[C@@H]2[C@@H](NC(=O)C(Cl)(Cl)Cl)[C@H](Sc3ccccc3)O[C@@H]3COC(c4ccccc4)O[C@@H]23)cc1. The molecule has 11 heteroatoms. The molecular weight excluding hydrogens is 597 g/mol. The Hall–Kier alpha value is -2.01. The lowest BCUT2D eigenvalue weighted by molar-refractivity contribution is -0.312. The van der Waals surface area contributed by atoms with Crippen molar-refractivity contribution in [2.75, 3.05) is 13.7 Å². The molecule has 0 spiro atoms. The Kier molecular flexibility index (Phi) is 9.81. The molecule has 3 aromatic rings. The van der Waals surface area contributed by atoms with Gasteiger partial charge in [0.25, 0.3) is 9.70 Å². The summed E-state index contributed by atoms with van der Waals surface area (Å²) in [5.74, 6) is -0.0478. The van der Waals surface area contributed by atoms with Gasteiger partial charge in [-0.05, 0) is 29.8 Å². The minimum Gasteiger partial charge on any atom is -0.497 e. The lowest BCUT2D eigenvalue weighted by Crippen LogP contribution is -2.67. The van der Waals surface area contributed by atoms with Crippen LogP contribution in [-0.4, -0.2) is 53.2 Å². The summed E-state index contributed by atoms with van der Waals surface area (Å²) in [5, 5.41) is 2.88. The molecular formula is C29H28Cl3NO6S. The largest absolute Gasteiger partial charge is 0.497 e. The number of ether oxygens (including phenoxy) is 5. The number of rotatable bonds is 8. The first-order chi connectivity index (χ1) is 19.3. The Morgan fingerprint density at radius 3 is 2.30 bits per heavy atom. The summed E-state index contributed by atoms with van der Waals surface area (Å²) in [6.45, 7) is 0.505. The van der Waals surface area contributed by atoms with Crippen molar-refractivity contribution < 1.29 is 28.5 Å². The zero-order chi connectivity index (χ0) is 28.1. The zero-order valence-electron chi connectivity index (χ0n) is 21.5. The summed E-state index contributed by atoms with van der Waals surface area (Å²) in [6, 6.07) is 26.1. The highest BCUT2D eigenvalue weighted by Gasteiger charge is 2.52. The first kappa shape index (κ1) is 29.5. The first-order valence-electron chi connectivity index (χ1n) is 12.6. The van der Waals surface area contributed by atoms with E-state index in [1.807, 2.05) is 84.9 Å². The van der Waals surface area contributed by atoms with Gasteiger partial charge in [0.15, 0.2) is 6.29 Å². The van der Waals surface area contributed by atoms with E-state index in [0.29, 0.717) is 0 Å². The number of fused-ring (bicyclic) bond motifs is 1. The molecule has 5 rings (SSSR count). The zero-order valence-corrected chi connectivity index (χ0v) is 24.5. The molecule has 1 unspecified atom stereocenters. The lowest BCUT2D eigenvalue weighted by atomic mass is 9.96. The van der Waals surface area contributed by atoms with Crippen molar-refractivity contribution in [3.05, 3.63) is 96.1 Å². The molecule has 212 valence electrons. The standard InChI is InChI=1S/C29H28Cl3NO6S/c1-35-20-14-12-18(13-15-20)16-36-25-23(33-28(34)29(30,31)32)27(40-21-10-6-3-7-11-21)38-22-17-37-26(39-24(22)25)19-8-4-2-5-9-19/h2-15,22-27H,16-17H2,1H3,(H,33,34)/t22-,23-,24-,25-,26?,27+/m1/s1. The Labute approximate surface area is 252 Å². The summed E-state index contributed by atoms with van der Waals surface area (Å²) < 4.78 is 28.6. The van der Waals surface area contributed by atoms with Crippen molar-refractivity contribution >= 4 is 52.5 Å². The number of alkyl halides is 3. The van der Waals surface area contributed by atoms with Crippen molar-refractivity contribution in [2.24, 2.45) is 0 Å². The number of hydrogen-bond acceptors (Lipinski definition) is 7. The highest BCUT2D eigenvalue weighted by molar-refractivity contribution is 7.99. The maximum atomic E-state index is 13.0. The molecule has 1 N–H and O–H groups in total. The highest BCUT2D eigenvalue weighted by atomic mass is 35.6. The molecule has 2 fully saturated rings. The minimum atomic E-state index is -2.18. The second-order valence-corrected chi connectivity index (χ2v) is 12.7. The molecule has 7 nitrogen and oxygen atoms in total. The number of thioether (sulfide) groups is 1. The van der Waals surface area contributed by atoms with Crippen LogP contribution in [0.4, 0.5) is 0 Å². The third-order valence-corrected chi connectivity index (χ3v) is 8.26. The topological polar surface area (TPSA) is 75.3 Å². The van der Waals surface area contributed by atoms with E-state index in [9.17, 15) is 4.79 Å². The van der Waals surface area contributed by atoms with Crippen LogP contribution in [0.1, 0.15) is 17.4 Å². The highest BCUT2D eigenvalue weighted by Crippen LogP contribution is 2.41. The van der Waals surface area contributed by atoms with E-state index in [1.165, 1.54) is 11.8 Å². The predicted octanol–water partition coefficient (Wildman–Crippen LogP) is 6.07. The number of amides is 1. The van der Waals surface area contributed by atoms with Crippen LogP contribution in [0.15, 0.2) is 89.8 Å². The van der Waals surface area contributed by atoms with Gasteiger partial charge in [0.1, 0.15) is 29.5 Å². The van der Waals surface area contributed by atoms with E-state index in [4.69, 9.17) is 58.5 Å². The number of carbonyl (C=O) groups is 1. The van der Waals surface area contributed by atoms with Crippen LogP contribution in [0.5, 0.6) is 5.75 Å². The van der Waals surface area contributed by atoms with Gasteiger partial charge in [-0.3, -0.25) is 4.79 Å². The van der Waals surface area contributed by atoms with Crippen LogP contribution in [0.2, 0.25) is 0 Å². The lowest BCUT2D eigenvalue weighted by Gasteiger charge is -2.49. The smallest absolute Gasteiger partial charge is 0.272 e. The van der Waals surface area contributed by atoms with E-state index in [2.05, 4.69) is 5.32 Å². The third kappa shape index (κ3) is 7.24.